The number of piperidine rings is 2. The number of nitrogens with one attached hydrogen (secondary N) is 2. The van der Waals surface area contributed by atoms with Gasteiger partial charge in [0, 0.05) is 63.4 Å². The van der Waals surface area contributed by atoms with E-state index in [9.17, 15) is 14.4 Å². The summed E-state index contributed by atoms with van der Waals surface area (Å²) in [7, 11) is 1.56. The fourth-order valence-electron chi connectivity index (χ4n) is 6.03. The number of anilines is 2. The van der Waals surface area contributed by atoms with Gasteiger partial charge in [0.25, 0.3) is 5.56 Å². The number of hydrogen-bond donors (Lipinski definition) is 2. The molecule has 0 spiro atoms. The molecule has 1 aromatic heterocycles. The summed E-state index contributed by atoms with van der Waals surface area (Å²) in [5.74, 6) is 1.30. The van der Waals surface area contributed by atoms with Gasteiger partial charge in [-0.3, -0.25) is 14.5 Å². The summed E-state index contributed by atoms with van der Waals surface area (Å²) in [4.78, 5) is 41.8. The van der Waals surface area contributed by atoms with E-state index in [0.717, 1.165) is 51.1 Å². The van der Waals surface area contributed by atoms with Crippen molar-refractivity contribution in [3.8, 4) is 5.75 Å². The molecular weight excluding hydrogens is 446 g/mol. The Morgan fingerprint density at radius 1 is 0.971 bits per heavy atom. The molecule has 9 heteroatoms. The first kappa shape index (κ1) is 23.4. The number of likely N-dealkylation sites (tertiary alicyclic amines) is 2. The van der Waals surface area contributed by atoms with E-state index in [0.29, 0.717) is 35.6 Å². The minimum atomic E-state index is -0.373. The minimum absolute atomic E-state index is 0.0198. The third kappa shape index (κ3) is 4.77. The number of hydrogen-bond acceptors (Lipinski definition) is 5. The minimum Gasteiger partial charge on any atom is -0.495 e. The molecule has 2 aromatic rings. The lowest BCUT2D eigenvalue weighted by Gasteiger charge is -2.47. The number of pyridine rings is 1. The molecule has 0 radical (unpaired) electrons. The summed E-state index contributed by atoms with van der Waals surface area (Å²) in [5, 5.41) is 5.84. The Hall–Kier alpha value is -3.33. The Bertz CT molecular complexity index is 1170. The molecule has 2 N–H and O–H groups in total. The number of nitrogens with zero attached hydrogens (tertiary/aromatic N) is 3. The quantitative estimate of drug-likeness (QED) is 0.703. The molecule has 9 nitrogen and oxygen atoms in total. The molecule has 3 aliphatic rings. The maximum absolute atomic E-state index is 12.9. The fraction of sp³-hybridized carbons (Fsp3) is 0.500. The van der Waals surface area contributed by atoms with Crippen LogP contribution in [0, 0.1) is 5.92 Å². The highest BCUT2D eigenvalue weighted by atomic mass is 16.5. The van der Waals surface area contributed by atoms with E-state index in [1.54, 1.807) is 38.3 Å². The normalized spacial score (nSPS) is 22.3. The van der Waals surface area contributed by atoms with Crippen LogP contribution in [0.5, 0.6) is 5.75 Å². The molecule has 3 aliphatic heterocycles. The van der Waals surface area contributed by atoms with Crippen LogP contribution in [0.15, 0.2) is 41.2 Å². The predicted octanol–water partition coefficient (Wildman–Crippen LogP) is 2.93. The van der Waals surface area contributed by atoms with E-state index in [-0.39, 0.29) is 23.4 Å². The van der Waals surface area contributed by atoms with Crippen molar-refractivity contribution in [3.05, 3.63) is 52.4 Å². The van der Waals surface area contributed by atoms with Crippen molar-refractivity contribution < 1.29 is 14.3 Å². The highest BCUT2D eigenvalue weighted by Gasteiger charge is 2.39. The van der Waals surface area contributed by atoms with Crippen LogP contribution in [-0.2, 0) is 11.3 Å². The van der Waals surface area contributed by atoms with Gasteiger partial charge in [0.05, 0.1) is 18.5 Å². The summed E-state index contributed by atoms with van der Waals surface area (Å²) in [6.07, 6.45) is 2.97. The maximum Gasteiger partial charge on any atom is 0.323 e. The number of rotatable bonds is 4. The number of carbonyl (C=O) groups is 2. The Balaban J connectivity index is 1.34. The fourth-order valence-corrected chi connectivity index (χ4v) is 6.03. The lowest BCUT2D eigenvalue weighted by molar-refractivity contribution is -0.130. The second-order valence-electron chi connectivity index (χ2n) is 9.85. The first-order valence-electron chi connectivity index (χ1n) is 12.4. The van der Waals surface area contributed by atoms with Crippen molar-refractivity contribution in [2.24, 2.45) is 5.92 Å². The molecule has 2 fully saturated rings. The van der Waals surface area contributed by atoms with Crippen LogP contribution in [0.1, 0.15) is 37.8 Å². The largest absolute Gasteiger partial charge is 0.495 e. The summed E-state index contributed by atoms with van der Waals surface area (Å²) >= 11 is 0. The summed E-state index contributed by atoms with van der Waals surface area (Å²) < 4.78 is 7.18. The second-order valence-corrected chi connectivity index (χ2v) is 9.85. The Labute approximate surface area is 205 Å². The van der Waals surface area contributed by atoms with Gasteiger partial charge < -0.3 is 24.8 Å². The van der Waals surface area contributed by atoms with E-state index in [4.69, 9.17) is 4.74 Å². The van der Waals surface area contributed by atoms with Gasteiger partial charge >= 0.3 is 6.03 Å². The topological polar surface area (TPSA) is 95.9 Å². The SMILES string of the molecule is COc1ccccc1NC(=O)Nc1ccc(=O)n2c1[C@@H]1C[C@H](CN(C3CCN(C(C)=O)CC3)C1)C2. The standard InChI is InChI=1S/C26H33N5O4/c1-17(32)29-11-9-20(10-12-29)30-14-18-13-19(16-30)25-22(7-8-24(33)31(25)15-18)28-26(34)27-21-5-3-4-6-23(21)35-2/h3-8,18-20H,9-16H2,1-2H3,(H2,27,28,34)/t18-,19-/m1/s1. The number of carbonyl (C=O) groups excluding carboxylic acids is 2. The average molecular weight is 480 g/mol. The highest BCUT2D eigenvalue weighted by molar-refractivity contribution is 6.01. The van der Waals surface area contributed by atoms with E-state index >= 15 is 0 Å². The first-order valence-corrected chi connectivity index (χ1v) is 12.4. The van der Waals surface area contributed by atoms with Crippen LogP contribution in [0.4, 0.5) is 16.2 Å². The van der Waals surface area contributed by atoms with E-state index in [1.807, 2.05) is 21.6 Å². The van der Waals surface area contributed by atoms with Crippen LogP contribution in [0.3, 0.4) is 0 Å². The van der Waals surface area contributed by atoms with Crippen LogP contribution in [0.2, 0.25) is 0 Å². The number of ether oxygens (including phenoxy) is 1. The molecule has 1 aromatic carbocycles. The molecule has 4 heterocycles. The summed E-state index contributed by atoms with van der Waals surface area (Å²) in [5.41, 5.74) is 2.15. The molecule has 0 aliphatic carbocycles. The van der Waals surface area contributed by atoms with Gasteiger partial charge in [0.2, 0.25) is 5.91 Å². The van der Waals surface area contributed by atoms with Crippen LogP contribution in [0.25, 0.3) is 0 Å². The molecular formula is C26H33N5O4. The van der Waals surface area contributed by atoms with Gasteiger partial charge in [-0.05, 0) is 43.4 Å². The van der Waals surface area contributed by atoms with Crippen molar-refractivity contribution in [2.45, 2.75) is 44.7 Å². The van der Waals surface area contributed by atoms with Gasteiger partial charge in [0.1, 0.15) is 5.75 Å². The van der Waals surface area contributed by atoms with E-state index < -0.39 is 0 Å². The van der Waals surface area contributed by atoms with Gasteiger partial charge in [-0.15, -0.1) is 0 Å². The predicted molar refractivity (Wildman–Crippen MR) is 134 cm³/mol. The molecule has 0 unspecified atom stereocenters. The zero-order valence-corrected chi connectivity index (χ0v) is 20.3. The molecule has 3 amide bonds. The Kier molecular flexibility index (Phi) is 6.51. The highest BCUT2D eigenvalue weighted by Crippen LogP contribution is 2.40. The number of amides is 3. The number of fused-ring (bicyclic) bond motifs is 4. The monoisotopic (exact) mass is 479 g/mol. The number of methoxy groups -OCH3 is 1. The molecule has 0 saturated carbocycles. The zero-order valence-electron chi connectivity index (χ0n) is 20.3. The number of aromatic nitrogens is 1. The van der Waals surface area contributed by atoms with E-state index in [1.165, 1.54) is 0 Å². The van der Waals surface area contributed by atoms with Crippen LogP contribution < -0.4 is 20.9 Å². The molecule has 2 atom stereocenters. The number of urea groups is 1. The summed E-state index contributed by atoms with van der Waals surface area (Å²) in [6, 6.07) is 10.6. The van der Waals surface area contributed by atoms with Crippen LogP contribution >= 0.6 is 0 Å². The van der Waals surface area contributed by atoms with E-state index in [2.05, 4.69) is 15.5 Å². The first-order chi connectivity index (χ1) is 16.9. The second kappa shape index (κ2) is 9.73. The van der Waals surface area contributed by atoms with Gasteiger partial charge in [-0.1, -0.05) is 12.1 Å². The third-order valence-corrected chi connectivity index (χ3v) is 7.65. The lowest BCUT2D eigenvalue weighted by atomic mass is 9.81. The van der Waals surface area contributed by atoms with Crippen molar-refractivity contribution in [2.75, 3.05) is 43.9 Å². The Morgan fingerprint density at radius 3 is 2.46 bits per heavy atom. The molecule has 2 bridgehead atoms. The smallest absolute Gasteiger partial charge is 0.323 e. The molecule has 5 rings (SSSR count). The van der Waals surface area contributed by atoms with Gasteiger partial charge in [0.15, 0.2) is 0 Å². The molecule has 35 heavy (non-hydrogen) atoms. The van der Waals surface area contributed by atoms with Crippen molar-refractivity contribution in [1.29, 1.82) is 0 Å². The number of benzene rings is 1. The maximum atomic E-state index is 12.9. The molecule has 186 valence electrons. The zero-order chi connectivity index (χ0) is 24.5. The van der Waals surface area contributed by atoms with Gasteiger partial charge in [-0.25, -0.2) is 4.79 Å². The number of para-hydroxylation sites is 2. The van der Waals surface area contributed by atoms with Gasteiger partial charge in [-0.2, -0.15) is 0 Å². The summed E-state index contributed by atoms with van der Waals surface area (Å²) in [6.45, 7) is 5.73. The Morgan fingerprint density at radius 2 is 1.71 bits per heavy atom. The van der Waals surface area contributed by atoms with Crippen molar-refractivity contribution in [3.63, 3.8) is 0 Å². The third-order valence-electron chi connectivity index (χ3n) is 7.65. The van der Waals surface area contributed by atoms with Crippen LogP contribution in [-0.4, -0.2) is 65.6 Å². The van der Waals surface area contributed by atoms with Crippen molar-refractivity contribution in [1.82, 2.24) is 14.4 Å². The molecule has 2 saturated heterocycles. The van der Waals surface area contributed by atoms with Crippen molar-refractivity contribution >= 4 is 23.3 Å². The average Bonchev–Trinajstić information content (AvgIpc) is 2.86. The lowest BCUT2D eigenvalue weighted by Crippen LogP contribution is -2.53.